The first kappa shape index (κ1) is 15.3. The second-order valence-corrected chi connectivity index (χ2v) is 5.64. The molecule has 2 rings (SSSR count). The number of pyridine rings is 1. The average molecular weight is 292 g/mol. The minimum absolute atomic E-state index is 0.0512. The van der Waals surface area contributed by atoms with Crippen molar-refractivity contribution in [1.82, 2.24) is 9.88 Å². The lowest BCUT2D eigenvalue weighted by atomic mass is 9.78. The molecule has 6 nitrogen and oxygen atoms in total. The Morgan fingerprint density at radius 2 is 2.00 bits per heavy atom. The fourth-order valence-electron chi connectivity index (χ4n) is 3.10. The number of carbonyl (C=O) groups excluding carboxylic acids is 1. The zero-order valence-electron chi connectivity index (χ0n) is 12.1. The fraction of sp³-hybridized carbons (Fsp3) is 0.533. The molecule has 6 heteroatoms. The summed E-state index contributed by atoms with van der Waals surface area (Å²) in [4.78, 5) is 39.7. The van der Waals surface area contributed by atoms with E-state index >= 15 is 0 Å². The highest BCUT2D eigenvalue weighted by atomic mass is 16.4. The number of aromatic amines is 1. The molecule has 0 aliphatic heterocycles. The van der Waals surface area contributed by atoms with Crippen LogP contribution < -0.4 is 5.43 Å². The number of carboxylic acids is 1. The molecule has 0 spiro atoms. The summed E-state index contributed by atoms with van der Waals surface area (Å²) in [5, 5.41) is 9.18. The van der Waals surface area contributed by atoms with E-state index < -0.39 is 17.4 Å². The van der Waals surface area contributed by atoms with Crippen LogP contribution in [0.2, 0.25) is 0 Å². The van der Waals surface area contributed by atoms with Gasteiger partial charge in [0.15, 0.2) is 5.43 Å². The van der Waals surface area contributed by atoms with E-state index in [1.54, 1.807) is 7.05 Å². The molecule has 114 valence electrons. The van der Waals surface area contributed by atoms with E-state index in [1.165, 1.54) is 23.4 Å². The standard InChI is InChI=1S/C15H20N2O4/c1-17(14(21)11-10-16-8-5-12(11)18)15(9-13(19)20)6-3-2-4-7-15/h5,8,10H,2-4,6-7,9H2,1H3,(H,16,18)(H,19,20). The van der Waals surface area contributed by atoms with Gasteiger partial charge in [0, 0.05) is 25.5 Å². The number of nitrogens with one attached hydrogen (secondary N) is 1. The molecule has 1 heterocycles. The minimum Gasteiger partial charge on any atom is -0.481 e. The summed E-state index contributed by atoms with van der Waals surface area (Å²) in [7, 11) is 1.60. The molecule has 0 saturated heterocycles. The molecule has 21 heavy (non-hydrogen) atoms. The lowest BCUT2D eigenvalue weighted by molar-refractivity contribution is -0.140. The van der Waals surface area contributed by atoms with Gasteiger partial charge in [0.2, 0.25) is 0 Å². The zero-order valence-corrected chi connectivity index (χ0v) is 12.1. The van der Waals surface area contributed by atoms with Crippen LogP contribution in [0.15, 0.2) is 23.3 Å². The molecular weight excluding hydrogens is 272 g/mol. The van der Waals surface area contributed by atoms with Crippen molar-refractivity contribution in [2.75, 3.05) is 7.05 Å². The van der Waals surface area contributed by atoms with Crippen molar-refractivity contribution in [3.05, 3.63) is 34.2 Å². The number of rotatable bonds is 4. The average Bonchev–Trinajstić information content (AvgIpc) is 2.46. The lowest BCUT2D eigenvalue weighted by Gasteiger charge is -2.43. The molecule has 1 aromatic rings. The summed E-state index contributed by atoms with van der Waals surface area (Å²) >= 11 is 0. The van der Waals surface area contributed by atoms with Crippen molar-refractivity contribution in [3.8, 4) is 0 Å². The lowest BCUT2D eigenvalue weighted by Crippen LogP contribution is -2.52. The van der Waals surface area contributed by atoms with Gasteiger partial charge in [-0.2, -0.15) is 0 Å². The Hall–Kier alpha value is -2.11. The van der Waals surface area contributed by atoms with Crippen LogP contribution in [0.4, 0.5) is 0 Å². The van der Waals surface area contributed by atoms with Gasteiger partial charge < -0.3 is 15.0 Å². The second kappa shape index (κ2) is 6.11. The maximum absolute atomic E-state index is 12.6. The van der Waals surface area contributed by atoms with E-state index in [0.717, 1.165) is 19.3 Å². The molecule has 2 N–H and O–H groups in total. The van der Waals surface area contributed by atoms with Crippen LogP contribution in [0.5, 0.6) is 0 Å². The van der Waals surface area contributed by atoms with Gasteiger partial charge in [-0.3, -0.25) is 14.4 Å². The fourth-order valence-corrected chi connectivity index (χ4v) is 3.10. The third kappa shape index (κ3) is 3.15. The number of H-pyrrole nitrogens is 1. The topological polar surface area (TPSA) is 90.5 Å². The van der Waals surface area contributed by atoms with E-state index in [0.29, 0.717) is 12.8 Å². The number of aliphatic carboxylic acids is 1. The van der Waals surface area contributed by atoms with Gasteiger partial charge in [-0.25, -0.2) is 0 Å². The van der Waals surface area contributed by atoms with Crippen LogP contribution in [-0.2, 0) is 4.79 Å². The predicted octanol–water partition coefficient (Wildman–Crippen LogP) is 1.62. The molecular formula is C15H20N2O4. The number of hydrogen-bond donors (Lipinski definition) is 2. The molecule has 1 fully saturated rings. The van der Waals surface area contributed by atoms with Crippen molar-refractivity contribution in [2.24, 2.45) is 0 Å². The Kier molecular flexibility index (Phi) is 4.45. The number of amides is 1. The van der Waals surface area contributed by atoms with Gasteiger partial charge in [0.1, 0.15) is 5.56 Å². The summed E-state index contributed by atoms with van der Waals surface area (Å²) in [6.07, 6.45) is 6.92. The van der Waals surface area contributed by atoms with E-state index in [9.17, 15) is 19.5 Å². The number of hydrogen-bond acceptors (Lipinski definition) is 3. The Balaban J connectivity index is 2.32. The normalized spacial score (nSPS) is 17.2. The SMILES string of the molecule is CN(C(=O)c1c[nH]ccc1=O)C1(CC(=O)O)CCCCC1. The van der Waals surface area contributed by atoms with Gasteiger partial charge >= 0.3 is 5.97 Å². The van der Waals surface area contributed by atoms with E-state index in [1.807, 2.05) is 0 Å². The van der Waals surface area contributed by atoms with Gasteiger partial charge in [-0.05, 0) is 12.8 Å². The van der Waals surface area contributed by atoms with Crippen LogP contribution >= 0.6 is 0 Å². The highest BCUT2D eigenvalue weighted by molar-refractivity contribution is 5.94. The number of aromatic nitrogens is 1. The molecule has 1 saturated carbocycles. The number of carboxylic acid groups (broad SMARTS) is 1. The Morgan fingerprint density at radius 3 is 2.57 bits per heavy atom. The molecule has 0 aromatic carbocycles. The van der Waals surface area contributed by atoms with Crippen LogP contribution in [0.25, 0.3) is 0 Å². The third-order valence-corrected chi connectivity index (χ3v) is 4.34. The van der Waals surface area contributed by atoms with Crippen molar-refractivity contribution in [2.45, 2.75) is 44.1 Å². The van der Waals surface area contributed by atoms with Crippen molar-refractivity contribution >= 4 is 11.9 Å². The number of nitrogens with zero attached hydrogens (tertiary/aromatic N) is 1. The Labute approximate surface area is 122 Å². The Morgan fingerprint density at radius 1 is 1.33 bits per heavy atom. The maximum atomic E-state index is 12.6. The van der Waals surface area contributed by atoms with Crippen molar-refractivity contribution in [1.29, 1.82) is 0 Å². The molecule has 0 unspecified atom stereocenters. The molecule has 1 aromatic heterocycles. The van der Waals surface area contributed by atoms with Gasteiger partial charge in [-0.1, -0.05) is 19.3 Å². The summed E-state index contributed by atoms with van der Waals surface area (Å²) in [6, 6.07) is 1.30. The first-order valence-corrected chi connectivity index (χ1v) is 7.13. The second-order valence-electron chi connectivity index (χ2n) is 5.64. The first-order valence-electron chi connectivity index (χ1n) is 7.13. The molecule has 1 aliphatic rings. The summed E-state index contributed by atoms with van der Waals surface area (Å²) in [5.41, 5.74) is -0.995. The maximum Gasteiger partial charge on any atom is 0.305 e. The number of carbonyl (C=O) groups is 2. The highest BCUT2D eigenvalue weighted by Crippen LogP contribution is 2.36. The minimum atomic E-state index is -0.918. The zero-order chi connectivity index (χ0) is 15.5. The van der Waals surface area contributed by atoms with Crippen LogP contribution in [0.3, 0.4) is 0 Å². The quantitative estimate of drug-likeness (QED) is 0.882. The van der Waals surface area contributed by atoms with E-state index in [4.69, 9.17) is 0 Å². The monoisotopic (exact) mass is 292 g/mol. The highest BCUT2D eigenvalue weighted by Gasteiger charge is 2.41. The molecule has 0 radical (unpaired) electrons. The largest absolute Gasteiger partial charge is 0.481 e. The molecule has 0 bridgehead atoms. The van der Waals surface area contributed by atoms with Crippen LogP contribution in [-0.4, -0.2) is 39.5 Å². The first-order chi connectivity index (χ1) is 9.96. The predicted molar refractivity (Wildman–Crippen MR) is 77.2 cm³/mol. The van der Waals surface area contributed by atoms with Crippen molar-refractivity contribution < 1.29 is 14.7 Å². The van der Waals surface area contributed by atoms with E-state index in [2.05, 4.69) is 4.98 Å². The molecule has 0 atom stereocenters. The molecule has 1 aliphatic carbocycles. The van der Waals surface area contributed by atoms with Crippen molar-refractivity contribution in [3.63, 3.8) is 0 Å². The summed E-state index contributed by atoms with van der Waals surface area (Å²) < 4.78 is 0. The van der Waals surface area contributed by atoms with E-state index in [-0.39, 0.29) is 17.4 Å². The summed E-state index contributed by atoms with van der Waals surface area (Å²) in [5.74, 6) is -1.33. The van der Waals surface area contributed by atoms with Gasteiger partial charge in [0.05, 0.1) is 12.0 Å². The Bertz CT molecular complexity index is 587. The molecule has 1 amide bonds. The van der Waals surface area contributed by atoms with Gasteiger partial charge in [-0.15, -0.1) is 0 Å². The van der Waals surface area contributed by atoms with Crippen LogP contribution in [0, 0.1) is 0 Å². The van der Waals surface area contributed by atoms with Crippen LogP contribution in [0.1, 0.15) is 48.9 Å². The van der Waals surface area contributed by atoms with Gasteiger partial charge in [0.25, 0.3) is 5.91 Å². The third-order valence-electron chi connectivity index (χ3n) is 4.34. The smallest absolute Gasteiger partial charge is 0.305 e. The summed E-state index contributed by atoms with van der Waals surface area (Å²) in [6.45, 7) is 0.